The first kappa shape index (κ1) is 18.3. The van der Waals surface area contributed by atoms with E-state index in [0.717, 1.165) is 12.8 Å². The summed E-state index contributed by atoms with van der Waals surface area (Å²) in [6.45, 7) is 3.24. The lowest BCUT2D eigenvalue weighted by Gasteiger charge is -2.26. The van der Waals surface area contributed by atoms with Crippen molar-refractivity contribution in [1.82, 2.24) is 4.90 Å². The molecule has 1 atom stereocenters. The van der Waals surface area contributed by atoms with Gasteiger partial charge in [-0.2, -0.15) is 0 Å². The molecule has 0 aromatic heterocycles. The quantitative estimate of drug-likeness (QED) is 0.742. The smallest absolute Gasteiger partial charge is 0.326 e. The zero-order valence-electron chi connectivity index (χ0n) is 13.7. The van der Waals surface area contributed by atoms with Gasteiger partial charge in [-0.05, 0) is 44.4 Å². The fourth-order valence-electron chi connectivity index (χ4n) is 2.49. The first-order valence-electron chi connectivity index (χ1n) is 7.91. The molecule has 24 heavy (non-hydrogen) atoms. The third-order valence-electron chi connectivity index (χ3n) is 3.81. The number of benzene rings is 1. The largest absolute Gasteiger partial charge is 0.480 e. The summed E-state index contributed by atoms with van der Waals surface area (Å²) in [7, 11) is -3.45. The highest BCUT2D eigenvalue weighted by molar-refractivity contribution is 7.92. The van der Waals surface area contributed by atoms with Crippen LogP contribution in [0.15, 0.2) is 24.3 Å². The molecule has 0 saturated heterocycles. The first-order valence-corrected chi connectivity index (χ1v) is 9.56. The van der Waals surface area contributed by atoms with Crippen LogP contribution in [-0.2, 0) is 14.8 Å². The molecule has 0 bridgehead atoms. The Balaban J connectivity index is 2.23. The van der Waals surface area contributed by atoms with E-state index in [4.69, 9.17) is 0 Å². The van der Waals surface area contributed by atoms with E-state index in [0.29, 0.717) is 12.1 Å². The van der Waals surface area contributed by atoms with Gasteiger partial charge < -0.3 is 10.0 Å². The highest BCUT2D eigenvalue weighted by Gasteiger charge is 2.38. The number of carbonyl (C=O) groups excluding carboxylic acids is 1. The minimum Gasteiger partial charge on any atom is -0.480 e. The van der Waals surface area contributed by atoms with Crippen LogP contribution in [0, 0.1) is 0 Å². The summed E-state index contributed by atoms with van der Waals surface area (Å²) in [4.78, 5) is 25.3. The third-order valence-corrected chi connectivity index (χ3v) is 5.30. The number of rotatable bonds is 8. The summed E-state index contributed by atoms with van der Waals surface area (Å²) < 4.78 is 26.1. The molecule has 8 heteroatoms. The maximum Gasteiger partial charge on any atom is 0.326 e. The number of sulfonamides is 1. The van der Waals surface area contributed by atoms with Gasteiger partial charge in [0.05, 0.1) is 5.75 Å². The van der Waals surface area contributed by atoms with Crippen LogP contribution < -0.4 is 4.72 Å². The number of aliphatic carboxylic acids is 1. The summed E-state index contributed by atoms with van der Waals surface area (Å²) in [5.41, 5.74) is 0.569. The Hall–Kier alpha value is -2.09. The number of hydrogen-bond donors (Lipinski definition) is 2. The van der Waals surface area contributed by atoms with E-state index in [-0.39, 0.29) is 17.4 Å². The van der Waals surface area contributed by atoms with Gasteiger partial charge in [-0.1, -0.05) is 13.0 Å². The van der Waals surface area contributed by atoms with E-state index < -0.39 is 27.9 Å². The summed E-state index contributed by atoms with van der Waals surface area (Å²) >= 11 is 0. The highest BCUT2D eigenvalue weighted by Crippen LogP contribution is 2.30. The van der Waals surface area contributed by atoms with Crippen molar-refractivity contribution in [1.29, 1.82) is 0 Å². The average molecular weight is 354 g/mol. The number of hydrogen-bond acceptors (Lipinski definition) is 4. The Morgan fingerprint density at radius 1 is 1.38 bits per heavy atom. The van der Waals surface area contributed by atoms with Gasteiger partial charge in [0.15, 0.2) is 0 Å². The van der Waals surface area contributed by atoms with Crippen molar-refractivity contribution in [3.8, 4) is 0 Å². The van der Waals surface area contributed by atoms with Crippen LogP contribution in [0.5, 0.6) is 0 Å². The maximum absolute atomic E-state index is 12.7. The van der Waals surface area contributed by atoms with Crippen molar-refractivity contribution < 1.29 is 23.1 Å². The molecule has 1 fully saturated rings. The van der Waals surface area contributed by atoms with E-state index in [1.54, 1.807) is 25.1 Å². The van der Waals surface area contributed by atoms with Crippen molar-refractivity contribution in [2.75, 3.05) is 10.5 Å². The van der Waals surface area contributed by atoms with Crippen LogP contribution in [-0.4, -0.2) is 48.1 Å². The number of carboxylic acids is 1. The van der Waals surface area contributed by atoms with Crippen molar-refractivity contribution in [2.24, 2.45) is 0 Å². The SMILES string of the molecule is CCCS(=O)(=O)Nc1cccc(C(=O)N(C2CC2)C(C)C(=O)O)c1. The van der Waals surface area contributed by atoms with Crippen LogP contribution in [0.1, 0.15) is 43.5 Å². The zero-order valence-corrected chi connectivity index (χ0v) is 14.5. The normalized spacial score (nSPS) is 15.6. The van der Waals surface area contributed by atoms with E-state index in [1.165, 1.54) is 17.9 Å². The molecule has 1 saturated carbocycles. The molecule has 1 aliphatic carbocycles. The molecule has 2 rings (SSSR count). The van der Waals surface area contributed by atoms with Crippen molar-refractivity contribution in [3.05, 3.63) is 29.8 Å². The lowest BCUT2D eigenvalue weighted by Crippen LogP contribution is -2.44. The Labute approximate surface area is 141 Å². The molecule has 0 spiro atoms. The Kier molecular flexibility index (Phi) is 5.48. The fraction of sp³-hybridized carbons (Fsp3) is 0.500. The van der Waals surface area contributed by atoms with Crippen LogP contribution >= 0.6 is 0 Å². The van der Waals surface area contributed by atoms with Crippen molar-refractivity contribution in [2.45, 2.75) is 45.2 Å². The van der Waals surface area contributed by atoms with Crippen molar-refractivity contribution >= 4 is 27.6 Å². The Bertz CT molecular complexity index is 728. The van der Waals surface area contributed by atoms with Gasteiger partial charge in [0.2, 0.25) is 10.0 Å². The zero-order chi connectivity index (χ0) is 17.9. The molecule has 1 aliphatic rings. The van der Waals surface area contributed by atoms with Crippen LogP contribution in [0.4, 0.5) is 5.69 Å². The van der Waals surface area contributed by atoms with Gasteiger partial charge in [0, 0.05) is 17.3 Å². The third kappa shape index (κ3) is 4.47. The predicted octanol–water partition coefficient (Wildman–Crippen LogP) is 1.92. The molecule has 2 N–H and O–H groups in total. The fourth-order valence-corrected chi connectivity index (χ4v) is 3.62. The van der Waals surface area contributed by atoms with Gasteiger partial charge in [-0.25, -0.2) is 13.2 Å². The molecule has 0 aliphatic heterocycles. The molecule has 1 unspecified atom stereocenters. The molecular formula is C16H22N2O5S. The lowest BCUT2D eigenvalue weighted by molar-refractivity contribution is -0.141. The molecule has 1 aromatic rings. The summed E-state index contributed by atoms with van der Waals surface area (Å²) in [6, 6.07) is 5.15. The predicted molar refractivity (Wildman–Crippen MR) is 90.4 cm³/mol. The molecule has 0 radical (unpaired) electrons. The number of anilines is 1. The van der Waals surface area contributed by atoms with Crippen molar-refractivity contribution in [3.63, 3.8) is 0 Å². The van der Waals surface area contributed by atoms with Gasteiger partial charge in [0.1, 0.15) is 6.04 Å². The Morgan fingerprint density at radius 2 is 2.04 bits per heavy atom. The minimum atomic E-state index is -3.45. The number of carbonyl (C=O) groups is 2. The number of nitrogens with one attached hydrogen (secondary N) is 1. The maximum atomic E-state index is 12.7. The Morgan fingerprint density at radius 3 is 2.58 bits per heavy atom. The van der Waals surface area contributed by atoms with E-state index in [9.17, 15) is 23.1 Å². The second-order valence-corrected chi connectivity index (χ2v) is 7.80. The molecule has 7 nitrogen and oxygen atoms in total. The number of nitrogens with zero attached hydrogens (tertiary/aromatic N) is 1. The molecule has 1 amide bonds. The van der Waals surface area contributed by atoms with E-state index in [2.05, 4.69) is 4.72 Å². The molecule has 1 aromatic carbocycles. The second kappa shape index (κ2) is 7.21. The second-order valence-electron chi connectivity index (χ2n) is 5.96. The van der Waals surface area contributed by atoms with Crippen LogP contribution in [0.3, 0.4) is 0 Å². The average Bonchev–Trinajstić information content (AvgIpc) is 3.31. The van der Waals surface area contributed by atoms with Gasteiger partial charge in [0.25, 0.3) is 5.91 Å². The topological polar surface area (TPSA) is 104 Å². The summed E-state index contributed by atoms with van der Waals surface area (Å²) in [5.74, 6) is -1.46. The monoisotopic (exact) mass is 354 g/mol. The van der Waals surface area contributed by atoms with Gasteiger partial charge in [-0.3, -0.25) is 9.52 Å². The number of amides is 1. The number of carboxylic acid groups (broad SMARTS) is 1. The van der Waals surface area contributed by atoms with Crippen LogP contribution in [0.2, 0.25) is 0 Å². The molecule has 132 valence electrons. The van der Waals surface area contributed by atoms with E-state index >= 15 is 0 Å². The van der Waals surface area contributed by atoms with Gasteiger partial charge >= 0.3 is 5.97 Å². The highest BCUT2D eigenvalue weighted by atomic mass is 32.2. The molecular weight excluding hydrogens is 332 g/mol. The van der Waals surface area contributed by atoms with Crippen LogP contribution in [0.25, 0.3) is 0 Å². The molecule has 0 heterocycles. The minimum absolute atomic E-state index is 0.00454. The first-order chi connectivity index (χ1) is 11.2. The standard InChI is InChI=1S/C16H22N2O5S/c1-3-9-24(22,23)17-13-6-4-5-12(10-13)15(19)18(14-7-8-14)11(2)16(20)21/h4-6,10-11,14,17H,3,7-9H2,1-2H3,(H,20,21). The van der Waals surface area contributed by atoms with E-state index in [1.807, 2.05) is 0 Å². The lowest BCUT2D eigenvalue weighted by atomic mass is 10.1. The summed E-state index contributed by atoms with van der Waals surface area (Å²) in [5, 5.41) is 9.21. The van der Waals surface area contributed by atoms with Gasteiger partial charge in [-0.15, -0.1) is 0 Å². The summed E-state index contributed by atoms with van der Waals surface area (Å²) in [6.07, 6.45) is 2.05.